The molecule has 1 N–H and O–H groups in total. The fourth-order valence-corrected chi connectivity index (χ4v) is 4.19. The molecule has 11 heteroatoms. The Kier molecular flexibility index (Phi) is 7.20. The summed E-state index contributed by atoms with van der Waals surface area (Å²) in [7, 11) is 0. The molecule has 1 amide bonds. The zero-order valence-electron chi connectivity index (χ0n) is 18.8. The molecular weight excluding hydrogens is 439 g/mol. The van der Waals surface area contributed by atoms with Crippen molar-refractivity contribution in [2.45, 2.75) is 25.8 Å². The third-order valence-electron chi connectivity index (χ3n) is 6.22. The van der Waals surface area contributed by atoms with Crippen molar-refractivity contribution >= 4 is 5.91 Å². The van der Waals surface area contributed by atoms with Crippen molar-refractivity contribution in [3.8, 4) is 11.9 Å². The molecule has 0 spiro atoms. The van der Waals surface area contributed by atoms with E-state index >= 15 is 0 Å². The molecule has 4 rings (SSSR count). The van der Waals surface area contributed by atoms with Crippen LogP contribution in [-0.4, -0.2) is 84.8 Å². The van der Waals surface area contributed by atoms with Gasteiger partial charge in [0.2, 0.25) is 5.91 Å². The average Bonchev–Trinajstić information content (AvgIpc) is 3.39. The van der Waals surface area contributed by atoms with Crippen LogP contribution >= 0.6 is 0 Å². The van der Waals surface area contributed by atoms with Gasteiger partial charge in [0.05, 0.1) is 24.6 Å². The summed E-state index contributed by atoms with van der Waals surface area (Å²) >= 11 is 0. The number of benzene rings is 1. The van der Waals surface area contributed by atoms with Crippen molar-refractivity contribution in [3.63, 3.8) is 0 Å². The quantitative estimate of drug-likeness (QED) is 0.541. The van der Waals surface area contributed by atoms with E-state index in [1.54, 1.807) is 30.2 Å². The van der Waals surface area contributed by atoms with Crippen LogP contribution in [0.1, 0.15) is 22.3 Å². The van der Waals surface area contributed by atoms with Gasteiger partial charge in [0.15, 0.2) is 5.82 Å². The van der Waals surface area contributed by atoms with Gasteiger partial charge >= 0.3 is 0 Å². The van der Waals surface area contributed by atoms with E-state index in [1.165, 1.54) is 17.1 Å². The zero-order chi connectivity index (χ0) is 24.1. The van der Waals surface area contributed by atoms with Gasteiger partial charge in [-0.15, -0.1) is 5.10 Å². The summed E-state index contributed by atoms with van der Waals surface area (Å²) in [6.07, 6.45) is 3.92. The molecule has 1 atom stereocenters. The molecule has 176 valence electrons. The monoisotopic (exact) mass is 464 g/mol. The Balaban J connectivity index is 1.33. The maximum atomic E-state index is 13.8. The van der Waals surface area contributed by atoms with E-state index in [4.69, 9.17) is 0 Å². The Morgan fingerprint density at radius 1 is 1.29 bits per heavy atom. The summed E-state index contributed by atoms with van der Waals surface area (Å²) < 4.78 is 15.2. The number of nitrogens with zero attached hydrogens (tertiary/aromatic N) is 8. The number of nitriles is 1. The number of aromatic nitrogens is 5. The van der Waals surface area contributed by atoms with Crippen molar-refractivity contribution in [2.24, 2.45) is 0 Å². The fourth-order valence-electron chi connectivity index (χ4n) is 4.19. The Bertz CT molecular complexity index is 1180. The van der Waals surface area contributed by atoms with Gasteiger partial charge < -0.3 is 10.0 Å². The fraction of sp³-hybridized carbons (Fsp3) is 0.391. The van der Waals surface area contributed by atoms with Gasteiger partial charge in [0.1, 0.15) is 18.2 Å². The minimum Gasteiger partial charge on any atom is -0.395 e. The third-order valence-corrected chi connectivity index (χ3v) is 6.22. The molecule has 3 heterocycles. The Morgan fingerprint density at radius 2 is 2.15 bits per heavy atom. The molecule has 1 aromatic carbocycles. The Hall–Kier alpha value is -3.75. The standard InChI is InChI=1S/C23H25FN8O2/c1-16-18(3-4-21(24)20(16)11-25)6-7-30-8-9-31(13-19(30)14-33)23(34)10-17-2-5-22(26-12-17)32-15-27-28-29-32/h2-5,12,15,19,33H,6-10,13-14H2,1H3/t19-/m1/s1. The molecule has 34 heavy (non-hydrogen) atoms. The number of pyridine rings is 1. The van der Waals surface area contributed by atoms with Crippen LogP contribution < -0.4 is 0 Å². The van der Waals surface area contributed by atoms with Crippen LogP contribution in [0.15, 0.2) is 36.8 Å². The minimum atomic E-state index is -0.510. The van der Waals surface area contributed by atoms with Crippen LogP contribution in [0, 0.1) is 24.1 Å². The smallest absolute Gasteiger partial charge is 0.227 e. The van der Waals surface area contributed by atoms with Gasteiger partial charge in [-0.25, -0.2) is 9.37 Å². The number of hydrogen-bond acceptors (Lipinski definition) is 8. The molecule has 0 unspecified atom stereocenters. The highest BCUT2D eigenvalue weighted by atomic mass is 19.1. The molecule has 0 radical (unpaired) electrons. The number of halogens is 1. The average molecular weight is 465 g/mol. The Labute approximate surface area is 196 Å². The number of amides is 1. The molecular formula is C23H25FN8O2. The lowest BCUT2D eigenvalue weighted by atomic mass is 9.99. The largest absolute Gasteiger partial charge is 0.395 e. The van der Waals surface area contributed by atoms with E-state index in [0.717, 1.165) is 11.1 Å². The predicted octanol–water partition coefficient (Wildman–Crippen LogP) is 0.667. The predicted molar refractivity (Wildman–Crippen MR) is 119 cm³/mol. The zero-order valence-corrected chi connectivity index (χ0v) is 18.8. The van der Waals surface area contributed by atoms with Gasteiger partial charge in [-0.3, -0.25) is 9.69 Å². The highest BCUT2D eigenvalue weighted by molar-refractivity contribution is 5.78. The lowest BCUT2D eigenvalue weighted by molar-refractivity contribution is -0.134. The summed E-state index contributed by atoms with van der Waals surface area (Å²) in [6.45, 7) is 3.93. The van der Waals surface area contributed by atoms with Gasteiger partial charge in [0.25, 0.3) is 0 Å². The number of rotatable bonds is 7. The van der Waals surface area contributed by atoms with Gasteiger partial charge in [-0.2, -0.15) is 9.94 Å². The summed E-state index contributed by atoms with van der Waals surface area (Å²) in [5.41, 5.74) is 2.42. The summed E-state index contributed by atoms with van der Waals surface area (Å²) in [6, 6.07) is 8.34. The normalized spacial score (nSPS) is 16.4. The summed E-state index contributed by atoms with van der Waals surface area (Å²) in [5.74, 6) is 0.0286. The molecule has 1 saturated heterocycles. The highest BCUT2D eigenvalue weighted by Crippen LogP contribution is 2.19. The van der Waals surface area contributed by atoms with E-state index < -0.39 is 5.82 Å². The number of aliphatic hydroxyl groups is 1. The Morgan fingerprint density at radius 3 is 2.82 bits per heavy atom. The maximum absolute atomic E-state index is 13.8. The number of tetrazole rings is 1. The molecule has 0 aliphatic carbocycles. The first-order chi connectivity index (χ1) is 16.5. The van der Waals surface area contributed by atoms with E-state index in [1.807, 2.05) is 12.1 Å². The molecule has 1 fully saturated rings. The molecule has 1 aliphatic heterocycles. The molecule has 10 nitrogen and oxygen atoms in total. The summed E-state index contributed by atoms with van der Waals surface area (Å²) in [5, 5.41) is 30.1. The maximum Gasteiger partial charge on any atom is 0.227 e. The number of piperazine rings is 1. The first-order valence-corrected chi connectivity index (χ1v) is 11.0. The minimum absolute atomic E-state index is 0.0249. The summed E-state index contributed by atoms with van der Waals surface area (Å²) in [4.78, 5) is 21.1. The first kappa shape index (κ1) is 23.4. The highest BCUT2D eigenvalue weighted by Gasteiger charge is 2.29. The third kappa shape index (κ3) is 5.08. The SMILES string of the molecule is Cc1c(CCN2CCN(C(=O)Cc3ccc(-n4cnnn4)nc3)C[C@@H]2CO)ccc(F)c1C#N. The van der Waals surface area contributed by atoms with Crippen molar-refractivity contribution < 1.29 is 14.3 Å². The van der Waals surface area contributed by atoms with Crippen LogP contribution in [0.25, 0.3) is 5.82 Å². The molecule has 2 aromatic heterocycles. The second kappa shape index (κ2) is 10.5. The van der Waals surface area contributed by atoms with Gasteiger partial charge in [0, 0.05) is 32.4 Å². The molecule has 1 aliphatic rings. The number of carbonyl (C=O) groups excluding carboxylic acids is 1. The molecule has 0 bridgehead atoms. The second-order valence-corrected chi connectivity index (χ2v) is 8.24. The lowest BCUT2D eigenvalue weighted by Gasteiger charge is -2.41. The van der Waals surface area contributed by atoms with Crippen LogP contribution in [0.4, 0.5) is 4.39 Å². The van der Waals surface area contributed by atoms with E-state index in [9.17, 15) is 19.6 Å². The van der Waals surface area contributed by atoms with Crippen molar-refractivity contribution in [1.82, 2.24) is 35.0 Å². The molecule has 3 aromatic rings. The van der Waals surface area contributed by atoms with Crippen LogP contribution in [0.2, 0.25) is 0 Å². The van der Waals surface area contributed by atoms with Crippen molar-refractivity contribution in [2.75, 3.05) is 32.8 Å². The number of hydrogen-bond donors (Lipinski definition) is 1. The van der Waals surface area contributed by atoms with Gasteiger partial charge in [-0.1, -0.05) is 12.1 Å². The van der Waals surface area contributed by atoms with Crippen LogP contribution in [0.5, 0.6) is 0 Å². The van der Waals surface area contributed by atoms with Gasteiger partial charge in [-0.05, 0) is 52.6 Å². The van der Waals surface area contributed by atoms with Crippen molar-refractivity contribution in [3.05, 3.63) is 64.9 Å². The van der Waals surface area contributed by atoms with Crippen molar-refractivity contribution in [1.29, 1.82) is 5.26 Å². The first-order valence-electron chi connectivity index (χ1n) is 11.0. The second-order valence-electron chi connectivity index (χ2n) is 8.24. The number of carbonyl (C=O) groups is 1. The molecule has 0 saturated carbocycles. The van der Waals surface area contributed by atoms with E-state index in [-0.39, 0.29) is 30.5 Å². The van der Waals surface area contributed by atoms with E-state index in [0.29, 0.717) is 44.0 Å². The lowest BCUT2D eigenvalue weighted by Crippen LogP contribution is -2.56. The van der Waals surface area contributed by atoms with E-state index in [2.05, 4.69) is 25.4 Å². The number of aliphatic hydroxyl groups excluding tert-OH is 1. The van der Waals surface area contributed by atoms with Crippen LogP contribution in [0.3, 0.4) is 0 Å². The van der Waals surface area contributed by atoms with Crippen LogP contribution in [-0.2, 0) is 17.6 Å². The topological polar surface area (TPSA) is 124 Å².